The number of anilines is 1. The molecule has 16 heavy (non-hydrogen) atoms. The molecule has 1 aromatic rings. The molecule has 1 saturated heterocycles. The maximum absolute atomic E-state index is 11.1. The van der Waals surface area contributed by atoms with Gasteiger partial charge < -0.3 is 9.64 Å². The number of ketones is 1. The van der Waals surface area contributed by atoms with E-state index in [4.69, 9.17) is 4.74 Å². The molecule has 0 bridgehead atoms. The van der Waals surface area contributed by atoms with Crippen molar-refractivity contribution in [3.63, 3.8) is 0 Å². The minimum Gasteiger partial charge on any atom is -0.376 e. The van der Waals surface area contributed by atoms with Gasteiger partial charge in [-0.05, 0) is 12.8 Å². The predicted octanol–water partition coefficient (Wildman–Crippen LogP) is 1.96. The quantitative estimate of drug-likeness (QED) is 0.755. The lowest BCUT2D eigenvalue weighted by molar-refractivity contribution is 0.101. The maximum atomic E-state index is 11.1. The average molecular weight is 240 g/mol. The van der Waals surface area contributed by atoms with Gasteiger partial charge in [0.2, 0.25) is 0 Å². The number of likely N-dealkylation sites (N-methyl/N-ethyl adjacent to an activating group) is 1. The Morgan fingerprint density at radius 3 is 3.12 bits per heavy atom. The molecule has 0 saturated carbocycles. The van der Waals surface area contributed by atoms with Crippen LogP contribution in [0.5, 0.6) is 0 Å². The van der Waals surface area contributed by atoms with Gasteiger partial charge in [0.25, 0.3) is 0 Å². The molecule has 0 amide bonds. The van der Waals surface area contributed by atoms with E-state index in [2.05, 4.69) is 9.88 Å². The van der Waals surface area contributed by atoms with E-state index in [0.29, 0.717) is 11.8 Å². The summed E-state index contributed by atoms with van der Waals surface area (Å²) in [5.41, 5.74) is 0.555. The van der Waals surface area contributed by atoms with Crippen molar-refractivity contribution < 1.29 is 9.53 Å². The molecule has 4 nitrogen and oxygen atoms in total. The normalized spacial score (nSPS) is 20.0. The number of thiazole rings is 1. The molecule has 1 atom stereocenters. The SMILES string of the molecule is CC(=O)c1csc(N(C)CC2CCCO2)n1. The second-order valence-electron chi connectivity index (χ2n) is 4.09. The average Bonchev–Trinajstić information content (AvgIpc) is 2.86. The molecular weight excluding hydrogens is 224 g/mol. The summed E-state index contributed by atoms with van der Waals surface area (Å²) in [7, 11) is 1.99. The Bertz CT molecular complexity index is 372. The Morgan fingerprint density at radius 2 is 2.56 bits per heavy atom. The highest BCUT2D eigenvalue weighted by Gasteiger charge is 2.19. The molecule has 0 N–H and O–H groups in total. The topological polar surface area (TPSA) is 42.4 Å². The van der Waals surface area contributed by atoms with Crippen LogP contribution < -0.4 is 4.90 Å². The van der Waals surface area contributed by atoms with Crippen LogP contribution in [0, 0.1) is 0 Å². The van der Waals surface area contributed by atoms with Crippen molar-refractivity contribution in [2.24, 2.45) is 0 Å². The molecular formula is C11H16N2O2S. The van der Waals surface area contributed by atoms with Gasteiger partial charge in [0.15, 0.2) is 10.9 Å². The largest absolute Gasteiger partial charge is 0.376 e. The number of Topliss-reactive ketones (excluding diaryl/α,β-unsaturated/α-hetero) is 1. The van der Waals surface area contributed by atoms with Gasteiger partial charge in [0, 0.05) is 32.5 Å². The number of rotatable bonds is 4. The van der Waals surface area contributed by atoms with E-state index in [1.807, 2.05) is 12.4 Å². The number of nitrogens with zero attached hydrogens (tertiary/aromatic N) is 2. The number of hydrogen-bond donors (Lipinski definition) is 0. The van der Waals surface area contributed by atoms with Crippen molar-refractivity contribution in [2.45, 2.75) is 25.9 Å². The smallest absolute Gasteiger partial charge is 0.185 e. The van der Waals surface area contributed by atoms with E-state index < -0.39 is 0 Å². The third-order valence-corrected chi connectivity index (χ3v) is 3.64. The van der Waals surface area contributed by atoms with Gasteiger partial charge in [-0.25, -0.2) is 4.98 Å². The first-order chi connectivity index (χ1) is 7.66. The highest BCUT2D eigenvalue weighted by atomic mass is 32.1. The van der Waals surface area contributed by atoms with Crippen LogP contribution in [-0.4, -0.2) is 37.1 Å². The molecule has 0 spiro atoms. The Labute approximate surface area is 99.2 Å². The van der Waals surface area contributed by atoms with Crippen LogP contribution in [0.1, 0.15) is 30.3 Å². The first-order valence-electron chi connectivity index (χ1n) is 5.46. The summed E-state index contributed by atoms with van der Waals surface area (Å²) in [6, 6.07) is 0. The van der Waals surface area contributed by atoms with Crippen LogP contribution >= 0.6 is 11.3 Å². The standard InChI is InChI=1S/C11H16N2O2S/c1-8(14)10-7-16-11(12-10)13(2)6-9-4-3-5-15-9/h7,9H,3-6H2,1-2H3. The number of hydrogen-bond acceptors (Lipinski definition) is 5. The highest BCUT2D eigenvalue weighted by Crippen LogP contribution is 2.22. The molecule has 1 aromatic heterocycles. The molecule has 2 rings (SSSR count). The van der Waals surface area contributed by atoms with Crippen molar-refractivity contribution in [2.75, 3.05) is 25.1 Å². The summed E-state index contributed by atoms with van der Waals surface area (Å²) in [5, 5.41) is 2.70. The van der Waals surface area contributed by atoms with E-state index in [0.717, 1.165) is 31.1 Å². The number of carbonyl (C=O) groups excluding carboxylic acids is 1. The lowest BCUT2D eigenvalue weighted by Crippen LogP contribution is -2.28. The minimum atomic E-state index is 0.0213. The monoisotopic (exact) mass is 240 g/mol. The third-order valence-electron chi connectivity index (χ3n) is 2.68. The third kappa shape index (κ3) is 2.59. The lowest BCUT2D eigenvalue weighted by atomic mass is 10.2. The van der Waals surface area contributed by atoms with Crippen LogP contribution in [-0.2, 0) is 4.74 Å². The first-order valence-corrected chi connectivity index (χ1v) is 6.34. The molecule has 0 aliphatic carbocycles. The molecule has 1 aliphatic heterocycles. The van der Waals surface area contributed by atoms with Gasteiger partial charge >= 0.3 is 0 Å². The molecule has 1 unspecified atom stereocenters. The van der Waals surface area contributed by atoms with Crippen LogP contribution in [0.25, 0.3) is 0 Å². The van der Waals surface area contributed by atoms with Crippen molar-refractivity contribution >= 4 is 22.3 Å². The molecule has 2 heterocycles. The van der Waals surface area contributed by atoms with Crippen molar-refractivity contribution in [3.8, 4) is 0 Å². The van der Waals surface area contributed by atoms with E-state index in [-0.39, 0.29) is 5.78 Å². The molecule has 0 radical (unpaired) electrons. The summed E-state index contributed by atoms with van der Waals surface area (Å²) in [6.45, 7) is 3.26. The fraction of sp³-hybridized carbons (Fsp3) is 0.636. The zero-order valence-corrected chi connectivity index (χ0v) is 10.4. The molecule has 88 valence electrons. The van der Waals surface area contributed by atoms with Crippen molar-refractivity contribution in [3.05, 3.63) is 11.1 Å². The molecule has 1 aliphatic rings. The molecule has 1 fully saturated rings. The Morgan fingerprint density at radius 1 is 1.75 bits per heavy atom. The summed E-state index contributed by atoms with van der Waals surface area (Å²) in [4.78, 5) is 17.5. The lowest BCUT2D eigenvalue weighted by Gasteiger charge is -2.19. The van der Waals surface area contributed by atoms with Gasteiger partial charge in [-0.15, -0.1) is 11.3 Å². The number of ether oxygens (including phenoxy) is 1. The van der Waals surface area contributed by atoms with Crippen LogP contribution in [0.15, 0.2) is 5.38 Å². The van der Waals surface area contributed by atoms with Gasteiger partial charge in [0.05, 0.1) is 6.10 Å². The fourth-order valence-corrected chi connectivity index (χ4v) is 2.61. The summed E-state index contributed by atoms with van der Waals surface area (Å²) in [5.74, 6) is 0.0213. The minimum absolute atomic E-state index is 0.0213. The summed E-state index contributed by atoms with van der Waals surface area (Å²) in [6.07, 6.45) is 2.58. The van der Waals surface area contributed by atoms with Gasteiger partial charge in [0.1, 0.15) is 5.69 Å². The summed E-state index contributed by atoms with van der Waals surface area (Å²) >= 11 is 1.51. The zero-order valence-electron chi connectivity index (χ0n) is 9.60. The van der Waals surface area contributed by atoms with Gasteiger partial charge in [-0.1, -0.05) is 0 Å². The Balaban J connectivity index is 1.96. The zero-order chi connectivity index (χ0) is 11.5. The van der Waals surface area contributed by atoms with Crippen LogP contribution in [0.3, 0.4) is 0 Å². The van der Waals surface area contributed by atoms with E-state index in [1.54, 1.807) is 6.92 Å². The predicted molar refractivity (Wildman–Crippen MR) is 64.4 cm³/mol. The second-order valence-corrected chi connectivity index (χ2v) is 4.92. The van der Waals surface area contributed by atoms with Crippen molar-refractivity contribution in [1.29, 1.82) is 0 Å². The van der Waals surface area contributed by atoms with Crippen LogP contribution in [0.4, 0.5) is 5.13 Å². The number of carbonyl (C=O) groups is 1. The van der Waals surface area contributed by atoms with Crippen LogP contribution in [0.2, 0.25) is 0 Å². The number of aromatic nitrogens is 1. The maximum Gasteiger partial charge on any atom is 0.185 e. The van der Waals surface area contributed by atoms with E-state index >= 15 is 0 Å². The van der Waals surface area contributed by atoms with Gasteiger partial charge in [-0.3, -0.25) is 4.79 Å². The Kier molecular flexibility index (Phi) is 3.56. The van der Waals surface area contributed by atoms with Gasteiger partial charge in [-0.2, -0.15) is 0 Å². The molecule has 5 heteroatoms. The van der Waals surface area contributed by atoms with Crippen molar-refractivity contribution in [1.82, 2.24) is 4.98 Å². The first kappa shape index (κ1) is 11.5. The second kappa shape index (κ2) is 4.93. The Hall–Kier alpha value is -0.940. The molecule has 0 aromatic carbocycles. The fourth-order valence-electron chi connectivity index (χ4n) is 1.77. The van der Waals surface area contributed by atoms with E-state index in [1.165, 1.54) is 11.3 Å². The highest BCUT2D eigenvalue weighted by molar-refractivity contribution is 7.13. The van der Waals surface area contributed by atoms with E-state index in [9.17, 15) is 4.79 Å². The summed E-state index contributed by atoms with van der Waals surface area (Å²) < 4.78 is 5.57.